The lowest BCUT2D eigenvalue weighted by Crippen LogP contribution is -2.37. The Morgan fingerprint density at radius 2 is 2.00 bits per heavy atom. The molecular weight excluding hydrogens is 288 g/mol. The number of benzene rings is 1. The van der Waals surface area contributed by atoms with Crippen molar-refractivity contribution in [3.63, 3.8) is 0 Å². The van der Waals surface area contributed by atoms with Gasteiger partial charge in [0, 0.05) is 24.2 Å². The molecule has 1 aliphatic rings. The standard InChI is InChI=1S/C19H30N2O2/c1-15-6-5-11-21(14-15)12-13-23-17-9-7-16(8-10-17)20-18(22)19(2,3)4/h7-10,15H,5-6,11-14H2,1-4H3,(H,20,22)/t15-/m0/s1. The van der Waals surface area contributed by atoms with Crippen molar-refractivity contribution in [1.82, 2.24) is 4.90 Å². The minimum Gasteiger partial charge on any atom is -0.492 e. The molecule has 0 unspecified atom stereocenters. The van der Waals surface area contributed by atoms with Crippen LogP contribution in [0.15, 0.2) is 24.3 Å². The van der Waals surface area contributed by atoms with E-state index < -0.39 is 0 Å². The molecule has 4 nitrogen and oxygen atoms in total. The number of anilines is 1. The maximum Gasteiger partial charge on any atom is 0.229 e. The van der Waals surface area contributed by atoms with Gasteiger partial charge in [0.25, 0.3) is 0 Å². The molecule has 4 heteroatoms. The summed E-state index contributed by atoms with van der Waals surface area (Å²) in [6.07, 6.45) is 2.64. The molecule has 0 radical (unpaired) electrons. The van der Waals surface area contributed by atoms with Crippen molar-refractivity contribution >= 4 is 11.6 Å². The van der Waals surface area contributed by atoms with E-state index in [0.29, 0.717) is 6.61 Å². The van der Waals surface area contributed by atoms with Gasteiger partial charge >= 0.3 is 0 Å². The average Bonchev–Trinajstić information content (AvgIpc) is 2.48. The Kier molecular flexibility index (Phi) is 6.05. The van der Waals surface area contributed by atoms with E-state index in [-0.39, 0.29) is 11.3 Å². The van der Waals surface area contributed by atoms with Crippen LogP contribution < -0.4 is 10.1 Å². The first-order valence-corrected chi connectivity index (χ1v) is 8.61. The number of nitrogens with one attached hydrogen (secondary N) is 1. The summed E-state index contributed by atoms with van der Waals surface area (Å²) in [5.41, 5.74) is 0.419. The fourth-order valence-corrected chi connectivity index (χ4v) is 2.74. The summed E-state index contributed by atoms with van der Waals surface area (Å²) in [5, 5.41) is 2.92. The number of amides is 1. The molecule has 0 spiro atoms. The van der Waals surface area contributed by atoms with Crippen molar-refractivity contribution in [1.29, 1.82) is 0 Å². The van der Waals surface area contributed by atoms with E-state index >= 15 is 0 Å². The summed E-state index contributed by atoms with van der Waals surface area (Å²) in [7, 11) is 0. The lowest BCUT2D eigenvalue weighted by atomic mass is 9.95. The monoisotopic (exact) mass is 318 g/mol. The first-order valence-electron chi connectivity index (χ1n) is 8.61. The fourth-order valence-electron chi connectivity index (χ4n) is 2.74. The van der Waals surface area contributed by atoms with Crippen LogP contribution in [0.4, 0.5) is 5.69 Å². The molecule has 0 saturated carbocycles. The summed E-state index contributed by atoms with van der Waals surface area (Å²) in [4.78, 5) is 14.4. The fraction of sp³-hybridized carbons (Fsp3) is 0.632. The molecule has 1 amide bonds. The number of carbonyl (C=O) groups is 1. The second-order valence-electron chi connectivity index (χ2n) is 7.62. The van der Waals surface area contributed by atoms with Crippen LogP contribution in [0.5, 0.6) is 5.75 Å². The predicted molar refractivity (Wildman–Crippen MR) is 94.9 cm³/mol. The molecule has 0 aromatic heterocycles. The maximum atomic E-state index is 11.9. The molecular formula is C19H30N2O2. The number of likely N-dealkylation sites (tertiary alicyclic amines) is 1. The van der Waals surface area contributed by atoms with Crippen LogP contribution in [-0.4, -0.2) is 37.0 Å². The summed E-state index contributed by atoms with van der Waals surface area (Å²) >= 11 is 0. The molecule has 1 fully saturated rings. The lowest BCUT2D eigenvalue weighted by molar-refractivity contribution is -0.123. The Bertz CT molecular complexity index is 505. The van der Waals surface area contributed by atoms with E-state index in [0.717, 1.165) is 23.9 Å². The van der Waals surface area contributed by atoms with Gasteiger partial charge < -0.3 is 10.1 Å². The molecule has 128 valence electrons. The zero-order chi connectivity index (χ0) is 16.9. The van der Waals surface area contributed by atoms with Crippen LogP contribution in [0, 0.1) is 11.3 Å². The molecule has 0 bridgehead atoms. The molecule has 23 heavy (non-hydrogen) atoms. The van der Waals surface area contributed by atoms with Crippen molar-refractivity contribution in [2.45, 2.75) is 40.5 Å². The zero-order valence-corrected chi connectivity index (χ0v) is 14.9. The van der Waals surface area contributed by atoms with E-state index in [1.54, 1.807) is 0 Å². The molecule has 2 rings (SSSR count). The summed E-state index contributed by atoms with van der Waals surface area (Å²) in [5.74, 6) is 1.67. The number of hydrogen-bond acceptors (Lipinski definition) is 3. The van der Waals surface area contributed by atoms with Gasteiger partial charge in [-0.25, -0.2) is 0 Å². The Morgan fingerprint density at radius 1 is 1.30 bits per heavy atom. The summed E-state index contributed by atoms with van der Waals surface area (Å²) in [6, 6.07) is 7.61. The number of carbonyl (C=O) groups excluding carboxylic acids is 1. The Hall–Kier alpha value is -1.55. The number of ether oxygens (including phenoxy) is 1. The van der Waals surface area contributed by atoms with Gasteiger partial charge in [-0.2, -0.15) is 0 Å². The average molecular weight is 318 g/mol. The van der Waals surface area contributed by atoms with Gasteiger partial charge in [-0.1, -0.05) is 27.7 Å². The third-order valence-corrected chi connectivity index (χ3v) is 4.21. The first-order chi connectivity index (χ1) is 10.8. The van der Waals surface area contributed by atoms with Crippen LogP contribution in [0.25, 0.3) is 0 Å². The molecule has 1 aliphatic heterocycles. The van der Waals surface area contributed by atoms with Gasteiger partial charge in [0.1, 0.15) is 12.4 Å². The molecule has 1 aromatic carbocycles. The van der Waals surface area contributed by atoms with Gasteiger partial charge in [0.05, 0.1) is 0 Å². The molecule has 0 aliphatic carbocycles. The summed E-state index contributed by atoms with van der Waals surface area (Å²) in [6.45, 7) is 12.1. The van der Waals surface area contributed by atoms with E-state index in [9.17, 15) is 4.79 Å². The van der Waals surface area contributed by atoms with Crippen LogP contribution in [0.2, 0.25) is 0 Å². The minimum atomic E-state index is -0.388. The van der Waals surface area contributed by atoms with Gasteiger partial charge in [-0.3, -0.25) is 9.69 Å². The van der Waals surface area contributed by atoms with Gasteiger partial charge in [0.2, 0.25) is 5.91 Å². The van der Waals surface area contributed by atoms with Crippen LogP contribution >= 0.6 is 0 Å². The summed E-state index contributed by atoms with van der Waals surface area (Å²) < 4.78 is 5.82. The van der Waals surface area contributed by atoms with Crippen molar-refractivity contribution in [3.8, 4) is 5.75 Å². The number of hydrogen-bond donors (Lipinski definition) is 1. The third-order valence-electron chi connectivity index (χ3n) is 4.21. The quantitative estimate of drug-likeness (QED) is 0.898. The van der Waals surface area contributed by atoms with Crippen molar-refractivity contribution in [2.24, 2.45) is 11.3 Å². The van der Waals surface area contributed by atoms with Gasteiger partial charge in [0.15, 0.2) is 0 Å². The highest BCUT2D eigenvalue weighted by atomic mass is 16.5. The highest BCUT2D eigenvalue weighted by Crippen LogP contribution is 2.20. The SMILES string of the molecule is C[C@H]1CCCN(CCOc2ccc(NC(=O)C(C)(C)C)cc2)C1. The van der Waals surface area contributed by atoms with Gasteiger partial charge in [-0.15, -0.1) is 0 Å². The lowest BCUT2D eigenvalue weighted by Gasteiger charge is -2.30. The first kappa shape index (κ1) is 17.8. The van der Waals surface area contributed by atoms with Crippen LogP contribution in [0.3, 0.4) is 0 Å². The van der Waals surface area contributed by atoms with Crippen LogP contribution in [0.1, 0.15) is 40.5 Å². The van der Waals surface area contributed by atoms with Crippen LogP contribution in [-0.2, 0) is 4.79 Å². The molecule has 1 heterocycles. The van der Waals surface area contributed by atoms with Crippen molar-refractivity contribution in [3.05, 3.63) is 24.3 Å². The third kappa shape index (κ3) is 5.87. The van der Waals surface area contributed by atoms with E-state index in [1.165, 1.54) is 25.9 Å². The van der Waals surface area contributed by atoms with E-state index in [2.05, 4.69) is 17.1 Å². The number of piperidine rings is 1. The molecule has 1 atom stereocenters. The second-order valence-corrected chi connectivity index (χ2v) is 7.62. The molecule has 1 saturated heterocycles. The Labute approximate surface area is 140 Å². The van der Waals surface area contributed by atoms with Gasteiger partial charge in [-0.05, 0) is 49.6 Å². The number of nitrogens with zero attached hydrogens (tertiary/aromatic N) is 1. The highest BCUT2D eigenvalue weighted by Gasteiger charge is 2.21. The Morgan fingerprint density at radius 3 is 2.61 bits per heavy atom. The number of rotatable bonds is 5. The zero-order valence-electron chi connectivity index (χ0n) is 14.9. The van der Waals surface area contributed by atoms with Crippen molar-refractivity contribution < 1.29 is 9.53 Å². The predicted octanol–water partition coefficient (Wildman–Crippen LogP) is 3.78. The normalized spacial score (nSPS) is 19.4. The smallest absolute Gasteiger partial charge is 0.229 e. The van der Waals surface area contributed by atoms with E-state index in [4.69, 9.17) is 4.74 Å². The molecule has 1 N–H and O–H groups in total. The second kappa shape index (κ2) is 7.82. The van der Waals surface area contributed by atoms with Crippen molar-refractivity contribution in [2.75, 3.05) is 31.6 Å². The van der Waals surface area contributed by atoms with E-state index in [1.807, 2.05) is 45.0 Å². The largest absolute Gasteiger partial charge is 0.492 e. The minimum absolute atomic E-state index is 0.0189. The maximum absolute atomic E-state index is 11.9. The topological polar surface area (TPSA) is 41.6 Å². The highest BCUT2D eigenvalue weighted by molar-refractivity contribution is 5.94. The Balaban J connectivity index is 1.75. The molecule has 1 aromatic rings.